The van der Waals surface area contributed by atoms with Gasteiger partial charge in [-0.1, -0.05) is 28.9 Å². The highest BCUT2D eigenvalue weighted by atomic mass is 35.5. The van der Waals surface area contributed by atoms with Crippen molar-refractivity contribution in [2.45, 2.75) is 38.3 Å². The summed E-state index contributed by atoms with van der Waals surface area (Å²) in [5, 5.41) is 16.9. The number of hydrogen-bond acceptors (Lipinski definition) is 5. The van der Waals surface area contributed by atoms with Crippen LogP contribution >= 0.6 is 11.6 Å². The first-order valence-corrected chi connectivity index (χ1v) is 9.24. The molecular weight excluding hydrogens is 370 g/mol. The average Bonchev–Trinajstić information content (AvgIpc) is 3.29. The molecular formula is C19H22ClN3O4. The van der Waals surface area contributed by atoms with Crippen molar-refractivity contribution in [3.8, 4) is 0 Å². The number of nitrogens with one attached hydrogen (secondary N) is 1. The Labute approximate surface area is 162 Å². The predicted octanol–water partition coefficient (Wildman–Crippen LogP) is 2.02. The molecule has 1 aliphatic heterocycles. The molecule has 8 heteroatoms. The minimum Gasteiger partial charge on any atom is -0.394 e. The lowest BCUT2D eigenvalue weighted by atomic mass is 10.1. The van der Waals surface area contributed by atoms with Gasteiger partial charge < -0.3 is 19.8 Å². The molecule has 3 rings (SSSR count). The summed E-state index contributed by atoms with van der Waals surface area (Å²) in [5.41, 5.74) is 1.46. The zero-order chi connectivity index (χ0) is 19.4. The molecule has 0 aliphatic carbocycles. The largest absolute Gasteiger partial charge is 0.394 e. The highest BCUT2D eigenvalue weighted by Gasteiger charge is 2.35. The molecule has 1 saturated heterocycles. The van der Waals surface area contributed by atoms with Crippen LogP contribution in [0.1, 0.15) is 35.9 Å². The smallest absolute Gasteiger partial charge is 0.243 e. The lowest BCUT2D eigenvalue weighted by molar-refractivity contribution is -0.138. The Balaban J connectivity index is 1.65. The van der Waals surface area contributed by atoms with Crippen LogP contribution in [-0.2, 0) is 16.0 Å². The van der Waals surface area contributed by atoms with E-state index in [1.54, 1.807) is 42.2 Å². The summed E-state index contributed by atoms with van der Waals surface area (Å²) in [6.45, 7) is 2.07. The number of aromatic nitrogens is 1. The van der Waals surface area contributed by atoms with E-state index in [0.29, 0.717) is 29.4 Å². The Morgan fingerprint density at radius 2 is 2.15 bits per heavy atom. The summed E-state index contributed by atoms with van der Waals surface area (Å²) in [6.07, 6.45) is 1.42. The van der Waals surface area contributed by atoms with Gasteiger partial charge in [-0.05, 0) is 37.5 Å². The number of amides is 2. The molecule has 0 spiro atoms. The molecule has 2 amide bonds. The summed E-state index contributed by atoms with van der Waals surface area (Å²) < 4.78 is 5.10. The third kappa shape index (κ3) is 4.67. The van der Waals surface area contributed by atoms with Crippen LogP contribution in [0, 0.1) is 6.92 Å². The monoisotopic (exact) mass is 391 g/mol. The number of benzene rings is 1. The van der Waals surface area contributed by atoms with Crippen molar-refractivity contribution < 1.29 is 19.2 Å². The lowest BCUT2D eigenvalue weighted by Crippen LogP contribution is -2.47. The number of carbonyl (C=O) groups excluding carboxylic acids is 2. The number of aliphatic hydroxyl groups excluding tert-OH is 1. The van der Waals surface area contributed by atoms with Crippen LogP contribution in [-0.4, -0.2) is 46.2 Å². The van der Waals surface area contributed by atoms with Gasteiger partial charge in [0, 0.05) is 17.6 Å². The second-order valence-corrected chi connectivity index (χ2v) is 7.09. The van der Waals surface area contributed by atoms with Gasteiger partial charge in [-0.2, -0.15) is 0 Å². The van der Waals surface area contributed by atoms with E-state index < -0.39 is 12.1 Å². The van der Waals surface area contributed by atoms with E-state index >= 15 is 0 Å². The molecule has 2 N–H and O–H groups in total. The molecule has 0 saturated carbocycles. The number of halogens is 1. The molecule has 2 unspecified atom stereocenters. The highest BCUT2D eigenvalue weighted by molar-refractivity contribution is 6.30. The number of likely N-dealkylation sites (tertiary alicyclic amines) is 1. The number of rotatable bonds is 6. The van der Waals surface area contributed by atoms with E-state index in [1.807, 2.05) is 0 Å². The van der Waals surface area contributed by atoms with Crippen molar-refractivity contribution in [3.63, 3.8) is 0 Å². The van der Waals surface area contributed by atoms with Gasteiger partial charge in [0.25, 0.3) is 0 Å². The molecule has 2 heterocycles. The fraction of sp³-hybridized carbons (Fsp3) is 0.421. The Kier molecular flexibility index (Phi) is 6.13. The molecule has 1 aromatic heterocycles. The van der Waals surface area contributed by atoms with Gasteiger partial charge >= 0.3 is 0 Å². The van der Waals surface area contributed by atoms with Crippen LogP contribution in [0.5, 0.6) is 0 Å². The first kappa shape index (κ1) is 19.4. The van der Waals surface area contributed by atoms with Crippen molar-refractivity contribution in [3.05, 3.63) is 52.4 Å². The Hall–Kier alpha value is -2.38. The molecule has 2 atom stereocenters. The zero-order valence-electron chi connectivity index (χ0n) is 15.0. The summed E-state index contributed by atoms with van der Waals surface area (Å²) in [6, 6.07) is 7.53. The summed E-state index contributed by atoms with van der Waals surface area (Å²) in [5.74, 6) is 0.0393. The maximum Gasteiger partial charge on any atom is 0.243 e. The van der Waals surface area contributed by atoms with Gasteiger partial charge in [0.05, 0.1) is 24.8 Å². The van der Waals surface area contributed by atoms with Crippen LogP contribution in [0.25, 0.3) is 0 Å². The third-order valence-electron chi connectivity index (χ3n) is 4.65. The SMILES string of the molecule is Cc1cc(CC(=O)N2CCCC2C(=O)NC(CO)c2ccc(Cl)cc2)on1. The van der Waals surface area contributed by atoms with Crippen LogP contribution < -0.4 is 5.32 Å². The topological polar surface area (TPSA) is 95.7 Å². The van der Waals surface area contributed by atoms with E-state index in [0.717, 1.165) is 12.0 Å². The number of carbonyl (C=O) groups is 2. The zero-order valence-corrected chi connectivity index (χ0v) is 15.8. The van der Waals surface area contributed by atoms with Gasteiger partial charge in [0.2, 0.25) is 11.8 Å². The Morgan fingerprint density at radius 3 is 2.78 bits per heavy atom. The van der Waals surface area contributed by atoms with Crippen LogP contribution in [0.3, 0.4) is 0 Å². The minimum absolute atomic E-state index is 0.0746. The van der Waals surface area contributed by atoms with Crippen LogP contribution in [0.2, 0.25) is 5.02 Å². The maximum atomic E-state index is 12.7. The average molecular weight is 392 g/mol. The van der Waals surface area contributed by atoms with Gasteiger partial charge in [0.1, 0.15) is 11.8 Å². The minimum atomic E-state index is -0.553. The van der Waals surface area contributed by atoms with Gasteiger partial charge in [0.15, 0.2) is 0 Å². The molecule has 27 heavy (non-hydrogen) atoms. The fourth-order valence-corrected chi connectivity index (χ4v) is 3.41. The normalized spacial score (nSPS) is 17.7. The summed E-state index contributed by atoms with van der Waals surface area (Å²) in [7, 11) is 0. The van der Waals surface area contributed by atoms with E-state index in [1.165, 1.54) is 0 Å². The van der Waals surface area contributed by atoms with Crippen LogP contribution in [0.15, 0.2) is 34.9 Å². The van der Waals surface area contributed by atoms with E-state index in [2.05, 4.69) is 10.5 Å². The van der Waals surface area contributed by atoms with Crippen molar-refractivity contribution in [2.24, 2.45) is 0 Å². The molecule has 1 aromatic carbocycles. The molecule has 1 fully saturated rings. The number of nitrogens with zero attached hydrogens (tertiary/aromatic N) is 2. The van der Waals surface area contributed by atoms with Crippen molar-refractivity contribution in [2.75, 3.05) is 13.2 Å². The summed E-state index contributed by atoms with van der Waals surface area (Å²) >= 11 is 5.88. The molecule has 0 radical (unpaired) electrons. The van der Waals surface area contributed by atoms with Gasteiger partial charge in [-0.15, -0.1) is 0 Å². The fourth-order valence-electron chi connectivity index (χ4n) is 3.29. The second-order valence-electron chi connectivity index (χ2n) is 6.65. The van der Waals surface area contributed by atoms with Crippen molar-refractivity contribution in [1.29, 1.82) is 0 Å². The predicted molar refractivity (Wildman–Crippen MR) is 99.1 cm³/mol. The number of aryl methyl sites for hydroxylation is 1. The van der Waals surface area contributed by atoms with E-state index in [4.69, 9.17) is 16.1 Å². The van der Waals surface area contributed by atoms with E-state index in [9.17, 15) is 14.7 Å². The lowest BCUT2D eigenvalue weighted by Gasteiger charge is -2.26. The third-order valence-corrected chi connectivity index (χ3v) is 4.90. The van der Waals surface area contributed by atoms with Crippen molar-refractivity contribution >= 4 is 23.4 Å². The number of hydrogen-bond donors (Lipinski definition) is 2. The molecule has 144 valence electrons. The molecule has 1 aliphatic rings. The van der Waals surface area contributed by atoms with Crippen molar-refractivity contribution in [1.82, 2.24) is 15.4 Å². The highest BCUT2D eigenvalue weighted by Crippen LogP contribution is 2.21. The molecule has 2 aromatic rings. The molecule has 7 nitrogen and oxygen atoms in total. The first-order chi connectivity index (χ1) is 13.0. The van der Waals surface area contributed by atoms with Crippen LogP contribution in [0.4, 0.5) is 0 Å². The second kappa shape index (κ2) is 8.54. The Morgan fingerprint density at radius 1 is 1.41 bits per heavy atom. The van der Waals surface area contributed by atoms with Gasteiger partial charge in [-0.3, -0.25) is 9.59 Å². The summed E-state index contributed by atoms with van der Waals surface area (Å²) in [4.78, 5) is 26.9. The standard InChI is InChI=1S/C19H22ClN3O4/c1-12-9-15(27-22-12)10-18(25)23-8-2-3-17(23)19(26)21-16(11-24)13-4-6-14(20)7-5-13/h4-7,9,16-17,24H,2-3,8,10-11H2,1H3,(H,21,26). The maximum absolute atomic E-state index is 12.7. The Bertz CT molecular complexity index is 806. The molecule has 0 bridgehead atoms. The quantitative estimate of drug-likeness (QED) is 0.785. The van der Waals surface area contributed by atoms with E-state index in [-0.39, 0.29) is 24.8 Å². The van der Waals surface area contributed by atoms with Gasteiger partial charge in [-0.25, -0.2) is 0 Å². The number of aliphatic hydroxyl groups is 1. The first-order valence-electron chi connectivity index (χ1n) is 8.86.